The van der Waals surface area contributed by atoms with Crippen molar-refractivity contribution in [2.24, 2.45) is 0 Å². The number of carbonyl (C=O) groups excluding carboxylic acids is 2. The standard InChI is InChI=1S/C28H34ClNO5/c1-6-34-23-13-12-21(16-22(23)29)26(31)24-25(20-10-8-19(9-11-20)17(2)3)30(28(33)27(24)32)14-7-15-35-18(4)5/h8-13,16-18,25,31H,6-7,14-15H2,1-5H3/b26-24+. The third kappa shape index (κ3) is 6.06. The molecule has 1 amide bonds. The van der Waals surface area contributed by atoms with Gasteiger partial charge in [0.2, 0.25) is 0 Å². The number of likely N-dealkylation sites (tertiary alicyclic amines) is 1. The summed E-state index contributed by atoms with van der Waals surface area (Å²) in [5.74, 6) is -0.778. The Hall–Kier alpha value is -2.83. The van der Waals surface area contributed by atoms with Crippen molar-refractivity contribution in [3.8, 4) is 5.75 Å². The normalized spacial score (nSPS) is 17.6. The van der Waals surface area contributed by atoms with Gasteiger partial charge in [0, 0.05) is 18.7 Å². The van der Waals surface area contributed by atoms with Crippen LogP contribution >= 0.6 is 11.6 Å². The fourth-order valence-corrected chi connectivity index (χ4v) is 4.39. The molecule has 0 saturated carbocycles. The topological polar surface area (TPSA) is 76.1 Å². The lowest BCUT2D eigenvalue weighted by Gasteiger charge is -2.26. The van der Waals surface area contributed by atoms with Crippen LogP contribution in [-0.4, -0.2) is 47.6 Å². The first kappa shape index (κ1) is 26.8. The summed E-state index contributed by atoms with van der Waals surface area (Å²) in [6.07, 6.45) is 0.648. The van der Waals surface area contributed by atoms with Crippen LogP contribution in [0.3, 0.4) is 0 Å². The highest BCUT2D eigenvalue weighted by Crippen LogP contribution is 2.40. The molecular formula is C28H34ClNO5. The average Bonchev–Trinajstić information content (AvgIpc) is 3.07. The Kier molecular flexibility index (Phi) is 8.98. The van der Waals surface area contributed by atoms with E-state index in [4.69, 9.17) is 21.1 Å². The number of hydrogen-bond donors (Lipinski definition) is 1. The van der Waals surface area contributed by atoms with Crippen molar-refractivity contribution in [2.75, 3.05) is 19.8 Å². The number of nitrogens with zero attached hydrogens (tertiary/aromatic N) is 1. The van der Waals surface area contributed by atoms with Crippen LogP contribution in [0.2, 0.25) is 5.02 Å². The number of hydrogen-bond acceptors (Lipinski definition) is 5. The van der Waals surface area contributed by atoms with Crippen LogP contribution < -0.4 is 4.74 Å². The van der Waals surface area contributed by atoms with Crippen LogP contribution in [0.5, 0.6) is 5.75 Å². The lowest BCUT2D eigenvalue weighted by molar-refractivity contribution is -0.140. The summed E-state index contributed by atoms with van der Waals surface area (Å²) in [7, 11) is 0. The number of ether oxygens (including phenoxy) is 2. The number of aliphatic hydroxyl groups is 1. The predicted octanol–water partition coefficient (Wildman–Crippen LogP) is 6.10. The van der Waals surface area contributed by atoms with E-state index in [0.29, 0.717) is 48.4 Å². The molecule has 3 rings (SSSR count). The number of amides is 1. The fraction of sp³-hybridized carbons (Fsp3) is 0.429. The van der Waals surface area contributed by atoms with Crippen LogP contribution in [-0.2, 0) is 14.3 Å². The Labute approximate surface area is 212 Å². The molecule has 2 aromatic carbocycles. The molecule has 6 nitrogen and oxygen atoms in total. The minimum atomic E-state index is -0.713. The van der Waals surface area contributed by atoms with E-state index >= 15 is 0 Å². The molecule has 0 bridgehead atoms. The van der Waals surface area contributed by atoms with Gasteiger partial charge in [0.15, 0.2) is 0 Å². The maximum absolute atomic E-state index is 13.2. The van der Waals surface area contributed by atoms with Gasteiger partial charge in [-0.15, -0.1) is 0 Å². The van der Waals surface area contributed by atoms with Crippen molar-refractivity contribution in [1.82, 2.24) is 4.90 Å². The first-order chi connectivity index (χ1) is 16.6. The fourth-order valence-electron chi connectivity index (χ4n) is 4.15. The first-order valence-corrected chi connectivity index (χ1v) is 12.5. The number of ketones is 1. The van der Waals surface area contributed by atoms with Gasteiger partial charge in [-0.2, -0.15) is 0 Å². The van der Waals surface area contributed by atoms with Gasteiger partial charge in [-0.25, -0.2) is 0 Å². The quantitative estimate of drug-likeness (QED) is 0.185. The molecule has 1 aliphatic heterocycles. The molecule has 0 spiro atoms. The van der Waals surface area contributed by atoms with Crippen LogP contribution in [0, 0.1) is 0 Å². The third-order valence-electron chi connectivity index (χ3n) is 5.96. The average molecular weight is 500 g/mol. The molecule has 1 heterocycles. The van der Waals surface area contributed by atoms with Crippen molar-refractivity contribution in [3.63, 3.8) is 0 Å². The van der Waals surface area contributed by atoms with E-state index < -0.39 is 17.7 Å². The molecule has 0 aromatic heterocycles. The first-order valence-electron chi connectivity index (χ1n) is 12.1. The molecule has 0 radical (unpaired) electrons. The molecule has 1 aliphatic rings. The molecule has 188 valence electrons. The van der Waals surface area contributed by atoms with Gasteiger partial charge >= 0.3 is 0 Å². The summed E-state index contributed by atoms with van der Waals surface area (Å²) in [5, 5.41) is 11.6. The molecule has 35 heavy (non-hydrogen) atoms. The summed E-state index contributed by atoms with van der Waals surface area (Å²) >= 11 is 6.33. The Bertz CT molecular complexity index is 1090. The van der Waals surface area contributed by atoms with Crippen molar-refractivity contribution in [3.05, 3.63) is 69.8 Å². The van der Waals surface area contributed by atoms with E-state index in [2.05, 4.69) is 13.8 Å². The van der Waals surface area contributed by atoms with Crippen molar-refractivity contribution in [1.29, 1.82) is 0 Å². The van der Waals surface area contributed by atoms with Gasteiger partial charge in [0.05, 0.1) is 29.3 Å². The number of aliphatic hydroxyl groups excluding tert-OH is 1. The van der Waals surface area contributed by atoms with Crippen molar-refractivity contribution < 1.29 is 24.2 Å². The number of carbonyl (C=O) groups is 2. The molecule has 1 fully saturated rings. The highest BCUT2D eigenvalue weighted by atomic mass is 35.5. The van der Waals surface area contributed by atoms with Crippen LogP contribution in [0.25, 0.3) is 5.76 Å². The van der Waals surface area contributed by atoms with Crippen LogP contribution in [0.1, 0.15) is 69.7 Å². The van der Waals surface area contributed by atoms with E-state index in [1.807, 2.05) is 45.0 Å². The highest BCUT2D eigenvalue weighted by molar-refractivity contribution is 6.46. The maximum atomic E-state index is 13.2. The number of halogens is 1. The van der Waals surface area contributed by atoms with E-state index in [9.17, 15) is 14.7 Å². The number of Topliss-reactive ketones (excluding diaryl/α,β-unsaturated/α-hetero) is 1. The van der Waals surface area contributed by atoms with Crippen LogP contribution in [0.15, 0.2) is 48.0 Å². The highest BCUT2D eigenvalue weighted by Gasteiger charge is 2.45. The molecule has 0 aliphatic carbocycles. The Morgan fingerprint density at radius 2 is 1.77 bits per heavy atom. The molecule has 1 unspecified atom stereocenters. The predicted molar refractivity (Wildman–Crippen MR) is 138 cm³/mol. The second kappa shape index (κ2) is 11.7. The zero-order valence-corrected chi connectivity index (χ0v) is 21.8. The summed E-state index contributed by atoms with van der Waals surface area (Å²) < 4.78 is 11.1. The molecule has 2 aromatic rings. The second-order valence-electron chi connectivity index (χ2n) is 9.17. The van der Waals surface area contributed by atoms with Crippen molar-refractivity contribution in [2.45, 2.75) is 59.1 Å². The molecule has 1 atom stereocenters. The Morgan fingerprint density at radius 3 is 2.34 bits per heavy atom. The van der Waals surface area contributed by atoms with Gasteiger partial charge in [-0.05, 0) is 62.4 Å². The third-order valence-corrected chi connectivity index (χ3v) is 6.25. The second-order valence-corrected chi connectivity index (χ2v) is 9.57. The monoisotopic (exact) mass is 499 g/mol. The summed E-state index contributed by atoms with van der Waals surface area (Å²) in [6.45, 7) is 11.2. The molecule has 1 saturated heterocycles. The minimum absolute atomic E-state index is 0.0531. The molecular weight excluding hydrogens is 466 g/mol. The molecule has 1 N–H and O–H groups in total. The van der Waals surface area contributed by atoms with E-state index in [0.717, 1.165) is 11.1 Å². The summed E-state index contributed by atoms with van der Waals surface area (Å²) in [6, 6.07) is 11.9. The largest absolute Gasteiger partial charge is 0.507 e. The van der Waals surface area contributed by atoms with E-state index in [-0.39, 0.29) is 17.4 Å². The van der Waals surface area contributed by atoms with Gasteiger partial charge in [-0.1, -0.05) is 49.7 Å². The zero-order chi connectivity index (χ0) is 25.7. The SMILES string of the molecule is CCOc1ccc(/C(O)=C2\C(=O)C(=O)N(CCCOC(C)C)C2c2ccc(C(C)C)cc2)cc1Cl. The summed E-state index contributed by atoms with van der Waals surface area (Å²) in [5.41, 5.74) is 2.31. The van der Waals surface area contributed by atoms with Gasteiger partial charge in [0.25, 0.3) is 11.7 Å². The van der Waals surface area contributed by atoms with Gasteiger partial charge in [-0.3, -0.25) is 9.59 Å². The Balaban J connectivity index is 2.05. The minimum Gasteiger partial charge on any atom is -0.507 e. The zero-order valence-electron chi connectivity index (χ0n) is 21.0. The van der Waals surface area contributed by atoms with Crippen molar-refractivity contribution >= 4 is 29.1 Å². The summed E-state index contributed by atoms with van der Waals surface area (Å²) in [4.78, 5) is 27.8. The van der Waals surface area contributed by atoms with Gasteiger partial charge < -0.3 is 19.5 Å². The number of rotatable bonds is 10. The lowest BCUT2D eigenvalue weighted by atomic mass is 9.93. The maximum Gasteiger partial charge on any atom is 0.295 e. The van der Waals surface area contributed by atoms with Gasteiger partial charge in [0.1, 0.15) is 11.5 Å². The number of benzene rings is 2. The van der Waals surface area contributed by atoms with E-state index in [1.54, 1.807) is 18.2 Å². The molecule has 7 heteroatoms. The lowest BCUT2D eigenvalue weighted by Crippen LogP contribution is -2.31. The smallest absolute Gasteiger partial charge is 0.295 e. The van der Waals surface area contributed by atoms with Crippen LogP contribution in [0.4, 0.5) is 0 Å². The van der Waals surface area contributed by atoms with E-state index in [1.165, 1.54) is 4.90 Å². The Morgan fingerprint density at radius 1 is 1.09 bits per heavy atom.